The second-order valence-electron chi connectivity index (χ2n) is 10.8. The normalized spacial score (nSPS) is 14.6. The van der Waals surface area contributed by atoms with Crippen LogP contribution in [0.2, 0.25) is 0 Å². The van der Waals surface area contributed by atoms with Crippen molar-refractivity contribution >= 4 is 44.9 Å². The molecule has 14 heteroatoms. The molecule has 0 saturated heterocycles. The van der Waals surface area contributed by atoms with E-state index in [0.29, 0.717) is 32.8 Å². The van der Waals surface area contributed by atoms with Crippen LogP contribution in [0.15, 0.2) is 117 Å². The molecule has 4 aromatic carbocycles. The second kappa shape index (κ2) is 13.4. The third-order valence-corrected chi connectivity index (χ3v) is 9.84. The number of halogens is 1. The largest absolute Gasteiger partial charge is 0.463 e. The van der Waals surface area contributed by atoms with Crippen LogP contribution in [0.4, 0.5) is 10.1 Å². The van der Waals surface area contributed by atoms with Crippen molar-refractivity contribution in [1.29, 1.82) is 0 Å². The summed E-state index contributed by atoms with van der Waals surface area (Å²) in [4.78, 5) is 42.9. The van der Waals surface area contributed by atoms with Crippen molar-refractivity contribution in [2.75, 3.05) is 6.61 Å². The van der Waals surface area contributed by atoms with Crippen molar-refractivity contribution in [3.05, 3.63) is 161 Å². The van der Waals surface area contributed by atoms with Crippen LogP contribution in [0.25, 0.3) is 11.8 Å². The van der Waals surface area contributed by atoms with Crippen LogP contribution in [-0.4, -0.2) is 30.5 Å². The van der Waals surface area contributed by atoms with E-state index in [1.165, 1.54) is 72.2 Å². The second-order valence-corrected chi connectivity index (χ2v) is 13.4. The standard InChI is InChI=1S/C35H26FN3O8S2/c1-3-46-34(41)30-31(23-7-5-4-6-8-23)37-35-38(32(30)24-12-14-25(36)15-13-24)33(40)29(48-35)19-22-10-16-26(17-11-22)47-49(44,45)27-18-9-21(2)28(20-27)39(42)43/h4-20,32H,3H2,1-2H3/b29-19-/t32-/m0/s1. The molecule has 0 amide bonds. The molecule has 1 aromatic heterocycles. The van der Waals surface area contributed by atoms with Gasteiger partial charge in [-0.1, -0.05) is 72.0 Å². The van der Waals surface area contributed by atoms with E-state index >= 15 is 0 Å². The van der Waals surface area contributed by atoms with Gasteiger partial charge in [0, 0.05) is 17.2 Å². The van der Waals surface area contributed by atoms with Gasteiger partial charge in [-0.3, -0.25) is 19.5 Å². The van der Waals surface area contributed by atoms with Gasteiger partial charge in [0.05, 0.1) is 33.4 Å². The molecule has 0 radical (unpaired) electrons. The van der Waals surface area contributed by atoms with Crippen molar-refractivity contribution in [2.45, 2.75) is 24.8 Å². The lowest BCUT2D eigenvalue weighted by Crippen LogP contribution is -2.40. The summed E-state index contributed by atoms with van der Waals surface area (Å²) in [6.45, 7) is 3.25. The lowest BCUT2D eigenvalue weighted by atomic mass is 9.93. The molecule has 0 saturated carbocycles. The Hall–Kier alpha value is -5.73. The SMILES string of the molecule is CCOC(=O)C1=C(c2ccccc2)N=c2s/c(=C\c3ccc(OS(=O)(=O)c4ccc(C)c([N+](=O)[O-])c4)cc3)c(=O)n2[C@H]1c1ccc(F)cc1. The molecule has 0 N–H and O–H groups in total. The van der Waals surface area contributed by atoms with Gasteiger partial charge in [0.15, 0.2) is 4.80 Å². The van der Waals surface area contributed by atoms with E-state index in [4.69, 9.17) is 13.9 Å². The molecule has 0 unspecified atom stereocenters. The third-order valence-electron chi connectivity index (χ3n) is 7.61. The fourth-order valence-corrected chi connectivity index (χ4v) is 7.24. The molecule has 1 aliphatic heterocycles. The first kappa shape index (κ1) is 33.2. The van der Waals surface area contributed by atoms with Gasteiger partial charge >= 0.3 is 16.1 Å². The number of nitro benzene ring substituents is 1. The number of aromatic nitrogens is 1. The van der Waals surface area contributed by atoms with E-state index in [9.17, 15) is 32.5 Å². The number of esters is 1. The van der Waals surface area contributed by atoms with Crippen molar-refractivity contribution in [1.82, 2.24) is 4.57 Å². The van der Waals surface area contributed by atoms with Gasteiger partial charge in [-0.2, -0.15) is 8.42 Å². The van der Waals surface area contributed by atoms with E-state index in [1.54, 1.807) is 37.3 Å². The molecule has 11 nitrogen and oxygen atoms in total. The smallest absolute Gasteiger partial charge is 0.339 e. The molecule has 2 heterocycles. The van der Waals surface area contributed by atoms with Gasteiger partial charge in [-0.05, 0) is 61.4 Å². The summed E-state index contributed by atoms with van der Waals surface area (Å²) in [5.74, 6) is -1.20. The number of hydrogen-bond acceptors (Lipinski definition) is 10. The van der Waals surface area contributed by atoms with Gasteiger partial charge in [-0.25, -0.2) is 14.2 Å². The molecule has 0 fully saturated rings. The summed E-state index contributed by atoms with van der Waals surface area (Å²) in [5, 5.41) is 11.3. The first-order chi connectivity index (χ1) is 23.5. The van der Waals surface area contributed by atoms with Crippen LogP contribution in [0.3, 0.4) is 0 Å². The van der Waals surface area contributed by atoms with E-state index < -0.39 is 38.4 Å². The summed E-state index contributed by atoms with van der Waals surface area (Å²) in [7, 11) is -4.39. The maximum Gasteiger partial charge on any atom is 0.339 e. The van der Waals surface area contributed by atoms with Crippen LogP contribution in [0.1, 0.15) is 35.2 Å². The fourth-order valence-electron chi connectivity index (χ4n) is 5.29. The maximum absolute atomic E-state index is 14.0. The Morgan fingerprint density at radius 1 is 1.04 bits per heavy atom. The Balaban J connectivity index is 1.42. The number of fused-ring (bicyclic) bond motifs is 1. The highest BCUT2D eigenvalue weighted by atomic mass is 32.2. The number of aryl methyl sites for hydroxylation is 1. The number of carbonyl (C=O) groups is 1. The van der Waals surface area contributed by atoms with Gasteiger partial charge in [0.2, 0.25) is 0 Å². The van der Waals surface area contributed by atoms with Gasteiger partial charge in [0.25, 0.3) is 11.2 Å². The molecular formula is C35H26FN3O8S2. The zero-order valence-corrected chi connectivity index (χ0v) is 27.5. The zero-order valence-electron chi connectivity index (χ0n) is 25.9. The molecule has 5 aromatic rings. The van der Waals surface area contributed by atoms with Crippen LogP contribution in [0.5, 0.6) is 5.75 Å². The van der Waals surface area contributed by atoms with E-state index in [2.05, 4.69) is 0 Å². The maximum atomic E-state index is 14.0. The molecular weight excluding hydrogens is 674 g/mol. The number of rotatable bonds is 9. The average molecular weight is 700 g/mol. The summed E-state index contributed by atoms with van der Waals surface area (Å²) in [6.07, 6.45) is 1.59. The van der Waals surface area contributed by atoms with Crippen molar-refractivity contribution in [3.8, 4) is 5.75 Å². The summed E-state index contributed by atoms with van der Waals surface area (Å²) < 4.78 is 52.0. The minimum atomic E-state index is -4.39. The Kier molecular flexibility index (Phi) is 9.08. The summed E-state index contributed by atoms with van der Waals surface area (Å²) >= 11 is 1.09. The predicted octanol–water partition coefficient (Wildman–Crippen LogP) is 5.06. The summed E-state index contributed by atoms with van der Waals surface area (Å²) in [5.41, 5.74) is 1.55. The molecule has 248 valence electrons. The first-order valence-corrected chi connectivity index (χ1v) is 17.0. The number of hydrogen-bond donors (Lipinski definition) is 0. The highest BCUT2D eigenvalue weighted by Crippen LogP contribution is 2.35. The molecule has 6 rings (SSSR count). The minimum Gasteiger partial charge on any atom is -0.463 e. The lowest BCUT2D eigenvalue weighted by molar-refractivity contribution is -0.385. The molecule has 0 bridgehead atoms. The van der Waals surface area contributed by atoms with E-state index in [-0.39, 0.29) is 33.0 Å². The summed E-state index contributed by atoms with van der Waals surface area (Å²) in [6, 6.07) is 22.9. The van der Waals surface area contributed by atoms with E-state index in [0.717, 1.165) is 17.4 Å². The number of nitrogens with zero attached hydrogens (tertiary/aromatic N) is 3. The van der Waals surface area contributed by atoms with Gasteiger partial charge in [-0.15, -0.1) is 0 Å². The molecule has 49 heavy (non-hydrogen) atoms. The zero-order chi connectivity index (χ0) is 34.9. The number of thiazole rings is 1. The van der Waals surface area contributed by atoms with Crippen molar-refractivity contribution in [3.63, 3.8) is 0 Å². The Labute approximate surface area is 282 Å². The quantitative estimate of drug-likeness (QED) is 0.0898. The number of nitro groups is 1. The van der Waals surface area contributed by atoms with Crippen LogP contribution in [0, 0.1) is 22.9 Å². The molecule has 0 spiro atoms. The highest BCUT2D eigenvalue weighted by Gasteiger charge is 2.35. The van der Waals surface area contributed by atoms with Crippen molar-refractivity contribution < 1.29 is 31.4 Å². The predicted molar refractivity (Wildman–Crippen MR) is 180 cm³/mol. The first-order valence-electron chi connectivity index (χ1n) is 14.8. The molecule has 1 aliphatic rings. The van der Waals surface area contributed by atoms with Crippen molar-refractivity contribution in [2.24, 2.45) is 4.99 Å². The van der Waals surface area contributed by atoms with E-state index in [1.807, 2.05) is 6.07 Å². The lowest BCUT2D eigenvalue weighted by Gasteiger charge is -2.25. The monoisotopic (exact) mass is 699 g/mol. The average Bonchev–Trinajstić information content (AvgIpc) is 3.39. The molecule has 0 aliphatic carbocycles. The Morgan fingerprint density at radius 2 is 1.73 bits per heavy atom. The van der Waals surface area contributed by atoms with Crippen LogP contribution in [-0.2, 0) is 19.6 Å². The van der Waals surface area contributed by atoms with Gasteiger partial charge in [0.1, 0.15) is 16.5 Å². The number of benzene rings is 4. The number of ether oxygens (including phenoxy) is 1. The topological polar surface area (TPSA) is 147 Å². The van der Waals surface area contributed by atoms with Crippen LogP contribution >= 0.6 is 11.3 Å². The van der Waals surface area contributed by atoms with Gasteiger partial charge < -0.3 is 8.92 Å². The Morgan fingerprint density at radius 3 is 2.39 bits per heavy atom. The molecule has 1 atom stereocenters. The minimum absolute atomic E-state index is 0.0512. The van der Waals surface area contributed by atoms with Crippen LogP contribution < -0.4 is 19.1 Å². The Bertz CT molecular complexity index is 2420. The highest BCUT2D eigenvalue weighted by molar-refractivity contribution is 7.87. The fraction of sp³-hybridized carbons (Fsp3) is 0.114. The third kappa shape index (κ3) is 6.68. The number of carbonyl (C=O) groups excluding carboxylic acids is 1.